The zero-order valence-corrected chi connectivity index (χ0v) is 19.2. The zero-order valence-electron chi connectivity index (χ0n) is 19.2. The fourth-order valence-corrected chi connectivity index (χ4v) is 4.49. The van der Waals surface area contributed by atoms with Gasteiger partial charge < -0.3 is 15.2 Å². The Bertz CT molecular complexity index is 1420. The van der Waals surface area contributed by atoms with Crippen LogP contribution < -0.4 is 16.2 Å². The topological polar surface area (TPSA) is 89.9 Å². The summed E-state index contributed by atoms with van der Waals surface area (Å²) in [4.78, 5) is 17.8. The molecule has 4 heterocycles. The molecule has 0 amide bonds. The Hall–Kier alpha value is -3.39. The van der Waals surface area contributed by atoms with Crippen LogP contribution in [0.5, 0.6) is 0 Å². The van der Waals surface area contributed by atoms with Crippen LogP contribution >= 0.6 is 0 Å². The van der Waals surface area contributed by atoms with Crippen LogP contribution in [0.2, 0.25) is 0 Å². The quantitative estimate of drug-likeness (QED) is 0.490. The van der Waals surface area contributed by atoms with Gasteiger partial charge >= 0.3 is 0 Å². The number of nitrogens with zero attached hydrogens (tertiary/aromatic N) is 4. The van der Waals surface area contributed by atoms with E-state index < -0.39 is 0 Å². The molecule has 1 saturated carbocycles. The van der Waals surface area contributed by atoms with Crippen LogP contribution in [0.15, 0.2) is 45.8 Å². The monoisotopic (exact) mass is 444 g/mol. The van der Waals surface area contributed by atoms with Crippen LogP contribution in [0.3, 0.4) is 0 Å². The van der Waals surface area contributed by atoms with E-state index in [1.165, 1.54) is 11.1 Å². The fraction of sp³-hybridized carbons (Fsp3) is 0.400. The van der Waals surface area contributed by atoms with Crippen molar-refractivity contribution in [1.29, 1.82) is 0 Å². The molecule has 0 bridgehead atoms. The predicted octanol–water partition coefficient (Wildman–Crippen LogP) is 4.20. The minimum Gasteiger partial charge on any atom is -0.359 e. The van der Waals surface area contributed by atoms with E-state index in [4.69, 9.17) is 4.52 Å². The van der Waals surface area contributed by atoms with Crippen molar-refractivity contribution in [1.82, 2.24) is 24.8 Å². The second-order valence-electron chi connectivity index (χ2n) is 10.1. The molecular formula is C25H28N6O2. The highest BCUT2D eigenvalue weighted by Gasteiger charge is 2.31. The van der Waals surface area contributed by atoms with Crippen LogP contribution in [0.25, 0.3) is 16.7 Å². The molecule has 1 aliphatic heterocycles. The molecule has 170 valence electrons. The van der Waals surface area contributed by atoms with Gasteiger partial charge in [-0.15, -0.1) is 0 Å². The predicted molar refractivity (Wildman–Crippen MR) is 127 cm³/mol. The third-order valence-electron chi connectivity index (χ3n) is 6.48. The van der Waals surface area contributed by atoms with Crippen molar-refractivity contribution in [2.24, 2.45) is 0 Å². The summed E-state index contributed by atoms with van der Waals surface area (Å²) >= 11 is 0. The van der Waals surface area contributed by atoms with Crippen LogP contribution in [0.4, 0.5) is 11.5 Å². The first kappa shape index (κ1) is 20.2. The molecule has 4 aromatic rings. The molecule has 0 unspecified atom stereocenters. The van der Waals surface area contributed by atoms with Crippen molar-refractivity contribution in [3.05, 3.63) is 63.8 Å². The zero-order chi connectivity index (χ0) is 22.7. The standard InChI is InChI=1S/C25H28N6O2/c1-25(2,3)21-12-23(29-33-21)31-20-11-22(27-14-19(20)24(32)30(31)18-6-7-18)28-17-5-4-15-8-9-26-13-16(15)10-17/h4-5,10-12,14,18,26H,6-9,13H2,1-3H3,(H,27,28). The number of hydrogen-bond acceptors (Lipinski definition) is 6. The Kier molecular flexibility index (Phi) is 4.48. The number of pyridine rings is 1. The average Bonchev–Trinajstić information content (AvgIpc) is 3.42. The summed E-state index contributed by atoms with van der Waals surface area (Å²) in [5.41, 5.74) is 4.25. The number of benzene rings is 1. The number of anilines is 2. The van der Waals surface area contributed by atoms with Gasteiger partial charge in [0.1, 0.15) is 11.6 Å². The summed E-state index contributed by atoms with van der Waals surface area (Å²) in [5, 5.41) is 11.8. The van der Waals surface area contributed by atoms with Gasteiger partial charge in [-0.25, -0.2) is 14.3 Å². The molecule has 1 aliphatic carbocycles. The molecule has 0 atom stereocenters. The normalized spacial score (nSPS) is 16.2. The van der Waals surface area contributed by atoms with Crippen molar-refractivity contribution in [3.8, 4) is 5.82 Å². The van der Waals surface area contributed by atoms with E-state index in [2.05, 4.69) is 59.7 Å². The maximum Gasteiger partial charge on any atom is 0.276 e. The Morgan fingerprint density at radius 2 is 2.00 bits per heavy atom. The molecule has 8 heteroatoms. The van der Waals surface area contributed by atoms with Crippen molar-refractivity contribution >= 4 is 22.4 Å². The van der Waals surface area contributed by atoms with E-state index in [1.807, 2.05) is 21.5 Å². The molecule has 3 aromatic heterocycles. The first-order valence-electron chi connectivity index (χ1n) is 11.6. The first-order chi connectivity index (χ1) is 15.9. The van der Waals surface area contributed by atoms with Gasteiger partial charge in [-0.1, -0.05) is 32.0 Å². The van der Waals surface area contributed by atoms with E-state index in [-0.39, 0.29) is 17.0 Å². The second-order valence-corrected chi connectivity index (χ2v) is 10.1. The van der Waals surface area contributed by atoms with E-state index in [9.17, 15) is 4.79 Å². The number of nitrogens with one attached hydrogen (secondary N) is 2. The lowest BCUT2D eigenvalue weighted by atomic mass is 9.93. The summed E-state index contributed by atoms with van der Waals surface area (Å²) in [6, 6.07) is 10.5. The second kappa shape index (κ2) is 7.31. The van der Waals surface area contributed by atoms with Crippen LogP contribution in [0, 0.1) is 0 Å². The number of aromatic nitrogens is 4. The Balaban J connectivity index is 1.44. The van der Waals surface area contributed by atoms with E-state index in [1.54, 1.807) is 6.20 Å². The van der Waals surface area contributed by atoms with Gasteiger partial charge in [0.25, 0.3) is 5.56 Å². The van der Waals surface area contributed by atoms with Gasteiger partial charge in [0.05, 0.1) is 16.9 Å². The number of hydrogen-bond donors (Lipinski definition) is 2. The van der Waals surface area contributed by atoms with Gasteiger partial charge in [-0.2, -0.15) is 0 Å². The Morgan fingerprint density at radius 1 is 1.15 bits per heavy atom. The van der Waals surface area contributed by atoms with Gasteiger partial charge in [0.15, 0.2) is 5.82 Å². The summed E-state index contributed by atoms with van der Waals surface area (Å²) in [7, 11) is 0. The lowest BCUT2D eigenvalue weighted by molar-refractivity contribution is 0.326. The van der Waals surface area contributed by atoms with Crippen molar-refractivity contribution in [2.75, 3.05) is 11.9 Å². The number of rotatable bonds is 4. The highest BCUT2D eigenvalue weighted by Crippen LogP contribution is 2.36. The molecule has 1 aromatic carbocycles. The van der Waals surface area contributed by atoms with Crippen LogP contribution in [0.1, 0.15) is 56.5 Å². The summed E-state index contributed by atoms with van der Waals surface area (Å²) in [6.45, 7) is 8.15. The minimum atomic E-state index is -0.172. The van der Waals surface area contributed by atoms with E-state index >= 15 is 0 Å². The highest BCUT2D eigenvalue weighted by atomic mass is 16.5. The smallest absolute Gasteiger partial charge is 0.276 e. The van der Waals surface area contributed by atoms with Crippen molar-refractivity contribution in [2.45, 2.75) is 58.0 Å². The highest BCUT2D eigenvalue weighted by molar-refractivity contribution is 5.82. The molecular weight excluding hydrogens is 416 g/mol. The van der Waals surface area contributed by atoms with E-state index in [0.29, 0.717) is 17.0 Å². The molecule has 6 rings (SSSR count). The summed E-state index contributed by atoms with van der Waals surface area (Å²) < 4.78 is 9.36. The molecule has 2 N–H and O–H groups in total. The van der Waals surface area contributed by atoms with Crippen LogP contribution in [-0.4, -0.2) is 26.0 Å². The Labute approximate surface area is 191 Å². The third-order valence-corrected chi connectivity index (χ3v) is 6.48. The van der Waals surface area contributed by atoms with Crippen LogP contribution in [-0.2, 0) is 18.4 Å². The summed E-state index contributed by atoms with van der Waals surface area (Å²) in [6.07, 6.45) is 4.69. The maximum atomic E-state index is 13.3. The molecule has 0 radical (unpaired) electrons. The molecule has 2 aliphatic rings. The molecule has 8 nitrogen and oxygen atoms in total. The summed E-state index contributed by atoms with van der Waals surface area (Å²) in [5.74, 6) is 2.09. The molecule has 0 spiro atoms. The SMILES string of the molecule is CC(C)(C)c1cc(-n2c3cc(Nc4ccc5c(c4)CNCC5)ncc3c(=O)n2C2CC2)no1. The first-order valence-corrected chi connectivity index (χ1v) is 11.6. The third kappa shape index (κ3) is 3.54. The largest absolute Gasteiger partial charge is 0.359 e. The van der Waals surface area contributed by atoms with Gasteiger partial charge in [-0.3, -0.25) is 4.79 Å². The fourth-order valence-electron chi connectivity index (χ4n) is 4.49. The Morgan fingerprint density at radius 3 is 2.76 bits per heavy atom. The van der Waals surface area contributed by atoms with Gasteiger partial charge in [0.2, 0.25) is 0 Å². The number of fused-ring (bicyclic) bond motifs is 2. The maximum absolute atomic E-state index is 13.3. The minimum absolute atomic E-state index is 0.0355. The average molecular weight is 445 g/mol. The van der Waals surface area contributed by atoms with Gasteiger partial charge in [-0.05, 0) is 49.1 Å². The van der Waals surface area contributed by atoms with E-state index in [0.717, 1.165) is 49.3 Å². The van der Waals surface area contributed by atoms with Gasteiger partial charge in [0, 0.05) is 36.0 Å². The lowest BCUT2D eigenvalue weighted by Gasteiger charge is -2.18. The van der Waals surface area contributed by atoms with Crippen molar-refractivity contribution in [3.63, 3.8) is 0 Å². The lowest BCUT2D eigenvalue weighted by Crippen LogP contribution is -2.23. The molecule has 0 saturated heterocycles. The molecule has 1 fully saturated rings. The van der Waals surface area contributed by atoms with Crippen molar-refractivity contribution < 1.29 is 4.52 Å². The molecule has 33 heavy (non-hydrogen) atoms.